The van der Waals surface area contributed by atoms with Crippen molar-refractivity contribution in [2.24, 2.45) is 0 Å². The Morgan fingerprint density at radius 3 is 3.17 bits per heavy atom. The average molecular weight is 242 g/mol. The number of fused-ring (bicyclic) bond motifs is 1. The summed E-state index contributed by atoms with van der Waals surface area (Å²) in [5.74, 6) is 0.348. The molecule has 92 valence electrons. The molecule has 1 amide bonds. The molecule has 18 heavy (non-hydrogen) atoms. The summed E-state index contributed by atoms with van der Waals surface area (Å²) in [4.78, 5) is 11.9. The fourth-order valence-corrected chi connectivity index (χ4v) is 2.56. The van der Waals surface area contributed by atoms with Gasteiger partial charge in [-0.25, -0.2) is 0 Å². The number of aryl methyl sites for hydroxylation is 1. The number of carbonyl (C=O) groups is 1. The van der Waals surface area contributed by atoms with Gasteiger partial charge in [-0.1, -0.05) is 29.4 Å². The lowest BCUT2D eigenvalue weighted by atomic mass is 9.97. The van der Waals surface area contributed by atoms with Crippen molar-refractivity contribution in [3.63, 3.8) is 0 Å². The largest absolute Gasteiger partial charge is 0.363 e. The monoisotopic (exact) mass is 242 g/mol. The van der Waals surface area contributed by atoms with E-state index in [0.717, 1.165) is 12.8 Å². The van der Waals surface area contributed by atoms with Crippen LogP contribution in [-0.2, 0) is 11.2 Å². The van der Waals surface area contributed by atoms with Gasteiger partial charge in [0.05, 0.1) is 6.20 Å². The summed E-state index contributed by atoms with van der Waals surface area (Å²) in [5.41, 5.74) is 3.31. The molecule has 2 aromatic rings. The molecule has 1 atom stereocenters. The fraction of sp³-hybridized carbons (Fsp3) is 0.286. The predicted octanol–water partition coefficient (Wildman–Crippen LogP) is 2.73. The Hall–Kier alpha value is -2.10. The lowest BCUT2D eigenvalue weighted by molar-refractivity contribution is -0.116. The van der Waals surface area contributed by atoms with Gasteiger partial charge >= 0.3 is 0 Å². The van der Waals surface area contributed by atoms with Crippen molar-refractivity contribution in [2.45, 2.75) is 25.2 Å². The normalized spacial score (nSPS) is 17.4. The molecule has 0 aliphatic heterocycles. The van der Waals surface area contributed by atoms with Crippen LogP contribution < -0.4 is 5.32 Å². The van der Waals surface area contributed by atoms with Crippen molar-refractivity contribution >= 4 is 11.6 Å². The Morgan fingerprint density at radius 2 is 2.33 bits per heavy atom. The number of nitrogens with zero attached hydrogens (tertiary/aromatic N) is 1. The van der Waals surface area contributed by atoms with Crippen molar-refractivity contribution in [3.8, 4) is 0 Å². The molecule has 4 heteroatoms. The molecule has 1 aromatic carbocycles. The summed E-state index contributed by atoms with van der Waals surface area (Å²) in [6.45, 7) is 0. The number of amides is 1. The third-order valence-corrected chi connectivity index (χ3v) is 3.40. The quantitative estimate of drug-likeness (QED) is 0.900. The van der Waals surface area contributed by atoms with Gasteiger partial charge < -0.3 is 9.84 Å². The van der Waals surface area contributed by atoms with Gasteiger partial charge in [0.1, 0.15) is 12.0 Å². The molecule has 1 unspecified atom stereocenters. The van der Waals surface area contributed by atoms with Crippen LogP contribution in [0.3, 0.4) is 0 Å². The molecule has 1 N–H and O–H groups in total. The van der Waals surface area contributed by atoms with Gasteiger partial charge in [0.2, 0.25) is 5.91 Å². The minimum atomic E-state index is 0.0138. The Morgan fingerprint density at radius 1 is 1.44 bits per heavy atom. The third kappa shape index (κ3) is 2.14. The van der Waals surface area contributed by atoms with Crippen LogP contribution in [0, 0.1) is 0 Å². The van der Waals surface area contributed by atoms with Crippen LogP contribution in [0.25, 0.3) is 0 Å². The highest BCUT2D eigenvalue weighted by atomic mass is 16.5. The van der Waals surface area contributed by atoms with Crippen molar-refractivity contribution in [1.29, 1.82) is 0 Å². The molecule has 1 aliphatic carbocycles. The molecule has 0 radical (unpaired) electrons. The first-order valence-corrected chi connectivity index (χ1v) is 6.10. The van der Waals surface area contributed by atoms with Crippen LogP contribution in [0.1, 0.15) is 29.9 Å². The standard InChI is InChI=1S/C14H14N2O2/c17-14(16-12-8-15-18-9-12)7-11-6-5-10-3-1-2-4-13(10)11/h1-4,8-9,11H,5-7H2,(H,16,17). The van der Waals surface area contributed by atoms with Crippen LogP contribution in [0.15, 0.2) is 41.2 Å². The third-order valence-electron chi connectivity index (χ3n) is 3.40. The second kappa shape index (κ2) is 4.64. The highest BCUT2D eigenvalue weighted by Gasteiger charge is 2.24. The number of nitrogens with one attached hydrogen (secondary N) is 1. The fourth-order valence-electron chi connectivity index (χ4n) is 2.56. The van der Waals surface area contributed by atoms with E-state index in [4.69, 9.17) is 0 Å². The summed E-state index contributed by atoms with van der Waals surface area (Å²) >= 11 is 0. The van der Waals surface area contributed by atoms with Gasteiger partial charge in [0, 0.05) is 6.42 Å². The molecule has 0 bridgehead atoms. The number of rotatable bonds is 3. The topological polar surface area (TPSA) is 55.1 Å². The smallest absolute Gasteiger partial charge is 0.225 e. The SMILES string of the molecule is O=C(CC1CCc2ccccc21)Nc1cnoc1. The van der Waals surface area contributed by atoms with Gasteiger partial charge in [-0.05, 0) is 29.9 Å². The molecule has 1 aliphatic rings. The molecule has 0 saturated carbocycles. The minimum absolute atomic E-state index is 0.0138. The van der Waals surface area contributed by atoms with E-state index in [9.17, 15) is 4.79 Å². The van der Waals surface area contributed by atoms with Gasteiger partial charge in [-0.2, -0.15) is 0 Å². The van der Waals surface area contributed by atoms with Gasteiger partial charge in [-0.3, -0.25) is 4.79 Å². The molecule has 0 fully saturated rings. The second-order valence-corrected chi connectivity index (χ2v) is 4.60. The first-order valence-electron chi connectivity index (χ1n) is 6.10. The van der Waals surface area contributed by atoms with Gasteiger partial charge in [0.25, 0.3) is 0 Å². The maximum Gasteiger partial charge on any atom is 0.225 e. The van der Waals surface area contributed by atoms with Gasteiger partial charge in [0.15, 0.2) is 0 Å². The number of hydrogen-bond acceptors (Lipinski definition) is 3. The summed E-state index contributed by atoms with van der Waals surface area (Å²) in [5, 5.41) is 6.34. The summed E-state index contributed by atoms with van der Waals surface area (Å²) in [7, 11) is 0. The summed E-state index contributed by atoms with van der Waals surface area (Å²) < 4.78 is 4.68. The van der Waals surface area contributed by atoms with Crippen LogP contribution in [0.4, 0.5) is 5.69 Å². The minimum Gasteiger partial charge on any atom is -0.363 e. The number of hydrogen-bond donors (Lipinski definition) is 1. The predicted molar refractivity (Wildman–Crippen MR) is 67.3 cm³/mol. The van der Waals surface area contributed by atoms with Crippen molar-refractivity contribution in [1.82, 2.24) is 5.16 Å². The molecule has 0 saturated heterocycles. The van der Waals surface area contributed by atoms with E-state index in [1.807, 2.05) is 6.07 Å². The molecule has 0 spiro atoms. The highest BCUT2D eigenvalue weighted by Crippen LogP contribution is 2.35. The van der Waals surface area contributed by atoms with Crippen LogP contribution in [-0.4, -0.2) is 11.1 Å². The van der Waals surface area contributed by atoms with Crippen molar-refractivity contribution in [2.75, 3.05) is 5.32 Å². The van der Waals surface area contributed by atoms with E-state index in [1.165, 1.54) is 23.6 Å². The van der Waals surface area contributed by atoms with E-state index in [0.29, 0.717) is 18.0 Å². The number of benzene rings is 1. The lowest BCUT2D eigenvalue weighted by Gasteiger charge is -2.10. The Kier molecular flexibility index (Phi) is 2.84. The summed E-state index contributed by atoms with van der Waals surface area (Å²) in [6, 6.07) is 8.36. The molecule has 4 nitrogen and oxygen atoms in total. The van der Waals surface area contributed by atoms with Crippen LogP contribution in [0.5, 0.6) is 0 Å². The van der Waals surface area contributed by atoms with Crippen LogP contribution in [0.2, 0.25) is 0 Å². The average Bonchev–Trinajstić information content (AvgIpc) is 3.00. The van der Waals surface area contributed by atoms with E-state index in [2.05, 4.69) is 33.2 Å². The molecule has 3 rings (SSSR count). The highest BCUT2D eigenvalue weighted by molar-refractivity contribution is 5.90. The Bertz CT molecular complexity index is 549. The van der Waals surface area contributed by atoms with E-state index >= 15 is 0 Å². The number of carbonyl (C=O) groups excluding carboxylic acids is 1. The maximum atomic E-state index is 11.9. The molecular weight excluding hydrogens is 228 g/mol. The van der Waals surface area contributed by atoms with E-state index in [-0.39, 0.29) is 5.91 Å². The first kappa shape index (κ1) is 11.0. The van der Waals surface area contributed by atoms with E-state index in [1.54, 1.807) is 0 Å². The van der Waals surface area contributed by atoms with Crippen LogP contribution >= 0.6 is 0 Å². The zero-order valence-electron chi connectivity index (χ0n) is 9.93. The molecular formula is C14H14N2O2. The van der Waals surface area contributed by atoms with Crippen molar-refractivity contribution in [3.05, 3.63) is 47.9 Å². The van der Waals surface area contributed by atoms with Crippen molar-refractivity contribution < 1.29 is 9.32 Å². The molecule has 1 aromatic heterocycles. The maximum absolute atomic E-state index is 11.9. The number of aromatic nitrogens is 1. The molecule has 1 heterocycles. The Balaban J connectivity index is 1.66. The van der Waals surface area contributed by atoms with Gasteiger partial charge in [-0.15, -0.1) is 0 Å². The Labute approximate surface area is 105 Å². The van der Waals surface area contributed by atoms with E-state index < -0.39 is 0 Å². The lowest BCUT2D eigenvalue weighted by Crippen LogP contribution is -2.14. The zero-order chi connectivity index (χ0) is 12.4. The first-order chi connectivity index (χ1) is 8.83. The zero-order valence-corrected chi connectivity index (χ0v) is 9.93. The summed E-state index contributed by atoms with van der Waals surface area (Å²) in [6.07, 6.45) is 5.57. The second-order valence-electron chi connectivity index (χ2n) is 4.60. The number of anilines is 1.